The molecule has 7 heteroatoms. The van der Waals surface area contributed by atoms with Crippen LogP contribution in [0.15, 0.2) is 30.3 Å². The monoisotopic (exact) mass is 316 g/mol. The molecule has 0 spiro atoms. The molecule has 3 aromatic rings. The molecular formula is C15H13ClN4O2. The van der Waals surface area contributed by atoms with Crippen LogP contribution < -0.4 is 0 Å². The first-order valence-electron chi connectivity index (χ1n) is 6.66. The Balaban J connectivity index is 1.81. The third-order valence-electron chi connectivity index (χ3n) is 3.12. The van der Waals surface area contributed by atoms with E-state index < -0.39 is 5.97 Å². The number of benzene rings is 1. The van der Waals surface area contributed by atoms with Crippen molar-refractivity contribution in [2.24, 2.45) is 0 Å². The lowest BCUT2D eigenvalue weighted by Gasteiger charge is -2.04. The summed E-state index contributed by atoms with van der Waals surface area (Å²) in [4.78, 5) is 20.4. The fourth-order valence-corrected chi connectivity index (χ4v) is 2.27. The highest BCUT2D eigenvalue weighted by atomic mass is 35.5. The predicted molar refractivity (Wildman–Crippen MR) is 80.8 cm³/mol. The highest BCUT2D eigenvalue weighted by Crippen LogP contribution is 2.16. The van der Waals surface area contributed by atoms with Crippen molar-refractivity contribution < 1.29 is 9.53 Å². The van der Waals surface area contributed by atoms with E-state index in [2.05, 4.69) is 15.1 Å². The Morgan fingerprint density at radius 1 is 1.27 bits per heavy atom. The van der Waals surface area contributed by atoms with Gasteiger partial charge in [0, 0.05) is 22.0 Å². The maximum atomic E-state index is 12.1. The molecule has 0 unspecified atom stereocenters. The molecule has 22 heavy (non-hydrogen) atoms. The van der Waals surface area contributed by atoms with Crippen LogP contribution in [0.4, 0.5) is 0 Å². The Kier molecular flexibility index (Phi) is 3.77. The maximum absolute atomic E-state index is 12.1. The average Bonchev–Trinajstić information content (AvgIpc) is 2.90. The Bertz CT molecular complexity index is 860. The molecule has 112 valence electrons. The molecule has 2 heterocycles. The second-order valence-corrected chi connectivity index (χ2v) is 5.26. The predicted octanol–water partition coefficient (Wildman–Crippen LogP) is 2.75. The lowest BCUT2D eigenvalue weighted by molar-refractivity contribution is 0.0458. The number of carbonyl (C=O) groups is 1. The quantitative estimate of drug-likeness (QED) is 0.695. The zero-order chi connectivity index (χ0) is 15.7. The van der Waals surface area contributed by atoms with Crippen LogP contribution in [-0.4, -0.2) is 25.6 Å². The van der Waals surface area contributed by atoms with Crippen LogP contribution in [0.5, 0.6) is 0 Å². The lowest BCUT2D eigenvalue weighted by atomic mass is 10.2. The van der Waals surface area contributed by atoms with Crippen LogP contribution >= 0.6 is 11.6 Å². The third-order valence-corrected chi connectivity index (χ3v) is 3.49. The van der Waals surface area contributed by atoms with Crippen molar-refractivity contribution >= 4 is 23.3 Å². The summed E-state index contributed by atoms with van der Waals surface area (Å²) in [6.45, 7) is 3.80. The minimum atomic E-state index is -0.609. The maximum Gasteiger partial charge on any atom is 0.378 e. The topological polar surface area (TPSA) is 69.4 Å². The second-order valence-electron chi connectivity index (χ2n) is 4.85. The van der Waals surface area contributed by atoms with Gasteiger partial charge in [-0.05, 0) is 26.0 Å². The number of ether oxygens (including phenoxy) is 1. The molecular weight excluding hydrogens is 304 g/mol. The van der Waals surface area contributed by atoms with Gasteiger partial charge >= 0.3 is 5.97 Å². The van der Waals surface area contributed by atoms with Crippen LogP contribution in [0.3, 0.4) is 0 Å². The van der Waals surface area contributed by atoms with E-state index >= 15 is 0 Å². The van der Waals surface area contributed by atoms with Crippen molar-refractivity contribution in [2.45, 2.75) is 20.5 Å². The van der Waals surface area contributed by atoms with Crippen molar-refractivity contribution in [2.75, 3.05) is 0 Å². The van der Waals surface area contributed by atoms with Gasteiger partial charge in [-0.2, -0.15) is 4.98 Å². The standard InChI is InChI=1S/C15H13ClN4O2/c1-9-7-10(2)20-15(17-9)18-13(19-20)14(21)22-8-11-5-3-4-6-12(11)16/h3-7H,8H2,1-2H3. The Morgan fingerprint density at radius 3 is 2.82 bits per heavy atom. The fourth-order valence-electron chi connectivity index (χ4n) is 2.08. The second kappa shape index (κ2) is 5.73. The molecule has 0 fully saturated rings. The zero-order valence-electron chi connectivity index (χ0n) is 12.1. The minimum Gasteiger partial charge on any atom is -0.455 e. The summed E-state index contributed by atoms with van der Waals surface area (Å²) in [5.74, 6) is -0.252. The van der Waals surface area contributed by atoms with Gasteiger partial charge in [0.1, 0.15) is 6.61 Å². The SMILES string of the molecule is Cc1cc(C)n2nc(C(=O)OCc3ccccc3Cl)nc2n1. The molecule has 1 aromatic carbocycles. The van der Waals surface area contributed by atoms with Crippen LogP contribution in [0.2, 0.25) is 5.02 Å². The summed E-state index contributed by atoms with van der Waals surface area (Å²) >= 11 is 6.02. The molecule has 0 saturated carbocycles. The normalized spacial score (nSPS) is 10.9. The van der Waals surface area contributed by atoms with Gasteiger partial charge in [-0.1, -0.05) is 29.8 Å². The van der Waals surface area contributed by atoms with Gasteiger partial charge in [0.15, 0.2) is 0 Å². The third kappa shape index (κ3) is 2.78. The number of hydrogen-bond acceptors (Lipinski definition) is 5. The van der Waals surface area contributed by atoms with Gasteiger partial charge in [0.05, 0.1) is 0 Å². The van der Waals surface area contributed by atoms with Crippen LogP contribution in [-0.2, 0) is 11.3 Å². The smallest absolute Gasteiger partial charge is 0.378 e. The van der Waals surface area contributed by atoms with E-state index in [0.717, 1.165) is 17.0 Å². The highest BCUT2D eigenvalue weighted by Gasteiger charge is 2.16. The van der Waals surface area contributed by atoms with Crippen molar-refractivity contribution in [3.63, 3.8) is 0 Å². The molecule has 0 saturated heterocycles. The number of hydrogen-bond donors (Lipinski definition) is 0. The number of fused-ring (bicyclic) bond motifs is 1. The highest BCUT2D eigenvalue weighted by molar-refractivity contribution is 6.31. The number of rotatable bonds is 3. The summed E-state index contributed by atoms with van der Waals surface area (Å²) in [7, 11) is 0. The van der Waals surface area contributed by atoms with Crippen LogP contribution in [0.1, 0.15) is 27.6 Å². The number of nitrogens with zero attached hydrogens (tertiary/aromatic N) is 4. The summed E-state index contributed by atoms with van der Waals surface area (Å²) in [6, 6.07) is 9.04. The zero-order valence-corrected chi connectivity index (χ0v) is 12.8. The Morgan fingerprint density at radius 2 is 2.05 bits per heavy atom. The number of esters is 1. The fraction of sp³-hybridized carbons (Fsp3) is 0.200. The molecule has 0 atom stereocenters. The number of aryl methyl sites for hydroxylation is 2. The van der Waals surface area contributed by atoms with Crippen molar-refractivity contribution in [3.8, 4) is 0 Å². The van der Waals surface area contributed by atoms with E-state index in [-0.39, 0.29) is 12.4 Å². The first-order chi connectivity index (χ1) is 10.5. The van der Waals surface area contributed by atoms with Crippen molar-refractivity contribution in [3.05, 3.63) is 58.1 Å². The minimum absolute atomic E-state index is 0.0201. The summed E-state index contributed by atoms with van der Waals surface area (Å²) in [6.07, 6.45) is 0. The van der Waals surface area contributed by atoms with E-state index in [1.165, 1.54) is 4.52 Å². The van der Waals surface area contributed by atoms with Crippen LogP contribution in [0.25, 0.3) is 5.78 Å². The summed E-state index contributed by atoms with van der Waals surface area (Å²) < 4.78 is 6.72. The number of halogens is 1. The molecule has 6 nitrogen and oxygen atoms in total. The molecule has 0 aliphatic rings. The van der Waals surface area contributed by atoms with E-state index in [9.17, 15) is 4.79 Å². The molecule has 3 rings (SSSR count). The van der Waals surface area contributed by atoms with Crippen molar-refractivity contribution in [1.82, 2.24) is 19.6 Å². The molecule has 2 aromatic heterocycles. The number of aromatic nitrogens is 4. The first kappa shape index (κ1) is 14.5. The Hall–Kier alpha value is -2.47. The van der Waals surface area contributed by atoms with Gasteiger partial charge in [0.2, 0.25) is 0 Å². The Labute approximate surface area is 131 Å². The average molecular weight is 317 g/mol. The lowest BCUT2D eigenvalue weighted by Crippen LogP contribution is -2.08. The van der Waals surface area contributed by atoms with Crippen molar-refractivity contribution in [1.29, 1.82) is 0 Å². The largest absolute Gasteiger partial charge is 0.455 e. The van der Waals surface area contributed by atoms with E-state index in [4.69, 9.17) is 16.3 Å². The van der Waals surface area contributed by atoms with E-state index in [0.29, 0.717) is 10.8 Å². The number of carbonyl (C=O) groups excluding carboxylic acids is 1. The molecule has 0 N–H and O–H groups in total. The van der Waals surface area contributed by atoms with E-state index in [1.807, 2.05) is 32.0 Å². The van der Waals surface area contributed by atoms with E-state index in [1.54, 1.807) is 12.1 Å². The van der Waals surface area contributed by atoms with Gasteiger partial charge < -0.3 is 4.74 Å². The van der Waals surface area contributed by atoms with Gasteiger partial charge in [0.25, 0.3) is 11.6 Å². The van der Waals surface area contributed by atoms with Gasteiger partial charge in [-0.3, -0.25) is 0 Å². The molecule has 0 aliphatic heterocycles. The first-order valence-corrected chi connectivity index (χ1v) is 7.04. The molecule has 0 aliphatic carbocycles. The molecule has 0 radical (unpaired) electrons. The molecule has 0 bridgehead atoms. The van der Waals surface area contributed by atoms with Crippen LogP contribution in [0, 0.1) is 13.8 Å². The molecule has 0 amide bonds. The summed E-state index contributed by atoms with van der Waals surface area (Å²) in [5, 5.41) is 4.67. The van der Waals surface area contributed by atoms with Gasteiger partial charge in [-0.25, -0.2) is 14.3 Å². The van der Waals surface area contributed by atoms with Gasteiger partial charge in [-0.15, -0.1) is 5.10 Å². The summed E-state index contributed by atoms with van der Waals surface area (Å²) in [5.41, 5.74) is 2.39.